The molecule has 0 saturated carbocycles. The van der Waals surface area contributed by atoms with Gasteiger partial charge in [-0.05, 0) is 57.9 Å². The fourth-order valence-electron chi connectivity index (χ4n) is 7.11. The van der Waals surface area contributed by atoms with E-state index in [9.17, 15) is 19.5 Å². The Labute approximate surface area is 236 Å². The molecule has 40 heavy (non-hydrogen) atoms. The standard InChI is InChI=1S/C31H41N3O6/c1-5-10-21(3)32-17-8-16-31-25(28(37)34(19-9-20-35)26(31)29(32)38)24-27(36)33(18-7-15-30(24,4)40-31)22-11-13-23(14-12-22)39-6-2/h7-8,11-16,21,24-26,35H,5-6,9-10,17-20H2,1-4H3/t21?,24-,25+,26?,30+,31+/m1/s1. The number of aliphatic hydroxyl groups is 1. The van der Waals surface area contributed by atoms with Gasteiger partial charge in [0.15, 0.2) is 0 Å². The van der Waals surface area contributed by atoms with Crippen LogP contribution in [0.5, 0.6) is 5.75 Å². The second kappa shape index (κ2) is 11.0. The fraction of sp³-hybridized carbons (Fsp3) is 0.581. The maximum Gasteiger partial charge on any atom is 0.249 e. The molecule has 0 aromatic heterocycles. The summed E-state index contributed by atoms with van der Waals surface area (Å²) in [7, 11) is 0. The average molecular weight is 552 g/mol. The predicted octanol–water partition coefficient (Wildman–Crippen LogP) is 2.93. The number of likely N-dealkylation sites (tertiary alicyclic amines) is 1. The lowest BCUT2D eigenvalue weighted by Crippen LogP contribution is -2.57. The topological polar surface area (TPSA) is 99.6 Å². The largest absolute Gasteiger partial charge is 0.494 e. The molecule has 1 aromatic rings. The Kier molecular flexibility index (Phi) is 7.81. The molecule has 4 heterocycles. The molecule has 2 fully saturated rings. The highest BCUT2D eigenvalue weighted by molar-refractivity contribution is 6.04. The first-order valence-electron chi connectivity index (χ1n) is 14.5. The van der Waals surface area contributed by atoms with Crippen LogP contribution in [0.2, 0.25) is 0 Å². The molecule has 0 bridgehead atoms. The van der Waals surface area contributed by atoms with E-state index < -0.39 is 29.1 Å². The smallest absolute Gasteiger partial charge is 0.249 e. The Morgan fingerprint density at radius 2 is 1.75 bits per heavy atom. The molecule has 5 rings (SSSR count). The third-order valence-corrected chi connectivity index (χ3v) is 8.84. The Balaban J connectivity index is 1.57. The van der Waals surface area contributed by atoms with Crippen LogP contribution in [0.4, 0.5) is 5.69 Å². The molecule has 9 nitrogen and oxygen atoms in total. The molecule has 216 valence electrons. The van der Waals surface area contributed by atoms with Crippen molar-refractivity contribution in [3.05, 3.63) is 48.6 Å². The van der Waals surface area contributed by atoms with Crippen LogP contribution in [0, 0.1) is 11.8 Å². The van der Waals surface area contributed by atoms with Crippen molar-refractivity contribution in [2.75, 3.05) is 37.7 Å². The molecule has 0 radical (unpaired) electrons. The number of amides is 3. The summed E-state index contributed by atoms with van der Waals surface area (Å²) in [6, 6.07) is 6.45. The fourth-order valence-corrected chi connectivity index (χ4v) is 7.11. The minimum Gasteiger partial charge on any atom is -0.494 e. The van der Waals surface area contributed by atoms with E-state index in [0.29, 0.717) is 37.6 Å². The third-order valence-electron chi connectivity index (χ3n) is 8.84. The molecular formula is C31H41N3O6. The van der Waals surface area contributed by atoms with Gasteiger partial charge in [-0.2, -0.15) is 0 Å². The summed E-state index contributed by atoms with van der Waals surface area (Å²) in [5, 5.41) is 9.61. The monoisotopic (exact) mass is 551 g/mol. The molecule has 4 aliphatic heterocycles. The van der Waals surface area contributed by atoms with Gasteiger partial charge in [0, 0.05) is 38.0 Å². The normalized spacial score (nSPS) is 32.1. The number of rotatable bonds is 9. The Morgan fingerprint density at radius 3 is 2.42 bits per heavy atom. The van der Waals surface area contributed by atoms with Crippen LogP contribution in [-0.4, -0.2) is 88.8 Å². The number of fused-ring (bicyclic) bond motifs is 2. The molecular weight excluding hydrogens is 510 g/mol. The second-order valence-corrected chi connectivity index (χ2v) is 11.4. The van der Waals surface area contributed by atoms with Crippen molar-refractivity contribution >= 4 is 23.4 Å². The van der Waals surface area contributed by atoms with Crippen molar-refractivity contribution in [3.63, 3.8) is 0 Å². The molecule has 6 atom stereocenters. The second-order valence-electron chi connectivity index (χ2n) is 11.4. The van der Waals surface area contributed by atoms with Gasteiger partial charge in [0.1, 0.15) is 17.4 Å². The van der Waals surface area contributed by atoms with E-state index in [1.807, 2.05) is 74.2 Å². The molecule has 1 N–H and O–H groups in total. The van der Waals surface area contributed by atoms with Gasteiger partial charge in [-0.1, -0.05) is 37.6 Å². The minimum absolute atomic E-state index is 0.00899. The van der Waals surface area contributed by atoms with Gasteiger partial charge in [-0.15, -0.1) is 0 Å². The molecule has 1 aromatic carbocycles. The number of anilines is 1. The summed E-state index contributed by atoms with van der Waals surface area (Å²) in [4.78, 5) is 48.0. The van der Waals surface area contributed by atoms with Crippen LogP contribution < -0.4 is 9.64 Å². The van der Waals surface area contributed by atoms with Crippen molar-refractivity contribution in [2.45, 2.75) is 70.2 Å². The zero-order valence-electron chi connectivity index (χ0n) is 23.9. The number of hydrogen-bond acceptors (Lipinski definition) is 6. The third kappa shape index (κ3) is 4.43. The lowest BCUT2D eigenvalue weighted by Gasteiger charge is -2.38. The number of carbonyl (C=O) groups is 3. The van der Waals surface area contributed by atoms with Crippen molar-refractivity contribution < 1.29 is 29.0 Å². The van der Waals surface area contributed by atoms with Gasteiger partial charge in [0.05, 0.1) is 24.0 Å². The number of hydrogen-bond donors (Lipinski definition) is 1. The van der Waals surface area contributed by atoms with E-state index in [-0.39, 0.29) is 36.9 Å². The molecule has 3 amide bonds. The first-order chi connectivity index (χ1) is 19.2. The van der Waals surface area contributed by atoms with Crippen LogP contribution in [0.3, 0.4) is 0 Å². The van der Waals surface area contributed by atoms with Crippen LogP contribution in [0.15, 0.2) is 48.6 Å². The van der Waals surface area contributed by atoms with Crippen molar-refractivity contribution in [2.24, 2.45) is 11.8 Å². The quantitative estimate of drug-likeness (QED) is 0.474. The first kappa shape index (κ1) is 28.4. The SMILES string of the molecule is CCCC(C)N1CC=C[C@]23O[C@@]4(C)C=CCN(c5ccc(OCC)cc5)C(=O)[C@H]4[C@H]2C(=O)N(CCCO)C3C1=O. The Morgan fingerprint density at radius 1 is 1.02 bits per heavy atom. The van der Waals surface area contributed by atoms with E-state index >= 15 is 0 Å². The maximum absolute atomic E-state index is 14.4. The van der Waals surface area contributed by atoms with Gasteiger partial charge in [-0.3, -0.25) is 14.4 Å². The van der Waals surface area contributed by atoms with Crippen molar-refractivity contribution in [1.29, 1.82) is 0 Å². The van der Waals surface area contributed by atoms with Crippen LogP contribution >= 0.6 is 0 Å². The van der Waals surface area contributed by atoms with Crippen molar-refractivity contribution in [3.8, 4) is 5.75 Å². The van der Waals surface area contributed by atoms with Crippen molar-refractivity contribution in [1.82, 2.24) is 9.80 Å². The highest BCUT2D eigenvalue weighted by Crippen LogP contribution is 2.57. The van der Waals surface area contributed by atoms with Gasteiger partial charge < -0.3 is 29.3 Å². The molecule has 9 heteroatoms. The summed E-state index contributed by atoms with van der Waals surface area (Å²) in [6.45, 7) is 9.29. The summed E-state index contributed by atoms with van der Waals surface area (Å²) in [6.07, 6.45) is 9.70. The van der Waals surface area contributed by atoms with Gasteiger partial charge >= 0.3 is 0 Å². The number of ether oxygens (including phenoxy) is 2. The van der Waals surface area contributed by atoms with Gasteiger partial charge in [0.25, 0.3) is 0 Å². The predicted molar refractivity (Wildman–Crippen MR) is 151 cm³/mol. The Bertz CT molecular complexity index is 1200. The van der Waals surface area contributed by atoms with Crippen LogP contribution in [0.1, 0.15) is 47.0 Å². The number of nitrogens with zero attached hydrogens (tertiary/aromatic N) is 3. The van der Waals surface area contributed by atoms with Crippen LogP contribution in [0.25, 0.3) is 0 Å². The molecule has 4 aliphatic rings. The zero-order chi connectivity index (χ0) is 28.7. The number of aliphatic hydroxyl groups excluding tert-OH is 1. The maximum atomic E-state index is 14.4. The Hall–Kier alpha value is -3.17. The number of benzene rings is 1. The van der Waals surface area contributed by atoms with Gasteiger partial charge in [-0.25, -0.2) is 0 Å². The lowest BCUT2D eigenvalue weighted by molar-refractivity contribution is -0.152. The summed E-state index contributed by atoms with van der Waals surface area (Å²) in [5.41, 5.74) is -1.66. The lowest BCUT2D eigenvalue weighted by atomic mass is 9.74. The summed E-state index contributed by atoms with van der Waals surface area (Å²) in [5.74, 6) is -1.64. The first-order valence-corrected chi connectivity index (χ1v) is 14.5. The summed E-state index contributed by atoms with van der Waals surface area (Å²) < 4.78 is 12.4. The molecule has 0 aliphatic carbocycles. The number of carbonyl (C=O) groups excluding carboxylic acids is 3. The van der Waals surface area contributed by atoms with Gasteiger partial charge in [0.2, 0.25) is 17.7 Å². The van der Waals surface area contributed by atoms with E-state index in [1.54, 1.807) is 9.80 Å². The molecule has 2 saturated heterocycles. The van der Waals surface area contributed by atoms with E-state index in [0.717, 1.165) is 12.8 Å². The zero-order valence-corrected chi connectivity index (χ0v) is 23.9. The minimum atomic E-state index is -1.29. The van der Waals surface area contributed by atoms with E-state index in [2.05, 4.69) is 6.92 Å². The van der Waals surface area contributed by atoms with E-state index in [1.165, 1.54) is 0 Å². The summed E-state index contributed by atoms with van der Waals surface area (Å²) >= 11 is 0. The highest BCUT2D eigenvalue weighted by Gasteiger charge is 2.74. The van der Waals surface area contributed by atoms with E-state index in [4.69, 9.17) is 9.47 Å². The van der Waals surface area contributed by atoms with Crippen LogP contribution in [-0.2, 0) is 19.1 Å². The highest BCUT2D eigenvalue weighted by atomic mass is 16.5. The molecule has 2 unspecified atom stereocenters. The average Bonchev–Trinajstić information content (AvgIpc) is 3.19. The molecule has 1 spiro atoms.